The highest BCUT2D eigenvalue weighted by Gasteiger charge is 2.45. The van der Waals surface area contributed by atoms with Crippen molar-refractivity contribution >= 4 is 6.09 Å². The highest BCUT2D eigenvalue weighted by molar-refractivity contribution is 5.68. The van der Waals surface area contributed by atoms with E-state index in [-0.39, 0.29) is 11.7 Å². The van der Waals surface area contributed by atoms with Crippen molar-refractivity contribution in [1.82, 2.24) is 10.2 Å². The van der Waals surface area contributed by atoms with Crippen LogP contribution in [0.5, 0.6) is 0 Å². The number of hydrogen-bond acceptors (Lipinski definition) is 3. The maximum Gasteiger partial charge on any atom is 0.410 e. The third-order valence-corrected chi connectivity index (χ3v) is 3.09. The third-order valence-electron chi connectivity index (χ3n) is 3.09. The molecule has 0 radical (unpaired) electrons. The van der Waals surface area contributed by atoms with Gasteiger partial charge in [0.15, 0.2) is 0 Å². The molecule has 86 valence electrons. The Labute approximate surface area is 91.0 Å². The number of nitrogens with one attached hydrogen (secondary N) is 1. The summed E-state index contributed by atoms with van der Waals surface area (Å²) in [5.41, 5.74) is -0.0262. The van der Waals surface area contributed by atoms with Crippen molar-refractivity contribution in [1.29, 1.82) is 0 Å². The van der Waals surface area contributed by atoms with Crippen LogP contribution in [0.1, 0.15) is 27.2 Å². The lowest BCUT2D eigenvalue weighted by Gasteiger charge is -2.39. The van der Waals surface area contributed by atoms with Crippen molar-refractivity contribution < 1.29 is 9.53 Å². The molecule has 2 aliphatic heterocycles. The van der Waals surface area contributed by atoms with Crippen LogP contribution in [0.3, 0.4) is 0 Å². The van der Waals surface area contributed by atoms with Crippen LogP contribution in [0.2, 0.25) is 0 Å². The molecule has 2 saturated heterocycles. The predicted molar refractivity (Wildman–Crippen MR) is 57.7 cm³/mol. The fourth-order valence-electron chi connectivity index (χ4n) is 2.18. The minimum Gasteiger partial charge on any atom is -0.444 e. The molecule has 1 N–H and O–H groups in total. The Kier molecular flexibility index (Phi) is 2.41. The van der Waals surface area contributed by atoms with Crippen molar-refractivity contribution in [3.05, 3.63) is 0 Å². The van der Waals surface area contributed by atoms with Gasteiger partial charge in [-0.1, -0.05) is 0 Å². The monoisotopic (exact) mass is 212 g/mol. The molecule has 0 saturated carbocycles. The van der Waals surface area contributed by atoms with E-state index in [2.05, 4.69) is 5.32 Å². The summed E-state index contributed by atoms with van der Waals surface area (Å²) in [5, 5.41) is 3.27. The molecule has 4 nitrogen and oxygen atoms in total. The van der Waals surface area contributed by atoms with Gasteiger partial charge in [-0.2, -0.15) is 0 Å². The quantitative estimate of drug-likeness (QED) is 0.656. The van der Waals surface area contributed by atoms with Crippen molar-refractivity contribution in [2.75, 3.05) is 26.2 Å². The molecular formula is C11H20N2O2. The van der Waals surface area contributed by atoms with Gasteiger partial charge in [0.25, 0.3) is 0 Å². The summed E-state index contributed by atoms with van der Waals surface area (Å²) in [6, 6.07) is 0. The van der Waals surface area contributed by atoms with Crippen LogP contribution in [-0.4, -0.2) is 42.8 Å². The molecule has 0 bridgehead atoms. The molecule has 2 fully saturated rings. The van der Waals surface area contributed by atoms with E-state index < -0.39 is 0 Å². The molecule has 0 aliphatic carbocycles. The van der Waals surface area contributed by atoms with Crippen molar-refractivity contribution in [2.24, 2.45) is 5.41 Å². The van der Waals surface area contributed by atoms with Gasteiger partial charge in [0, 0.05) is 31.6 Å². The number of carbonyl (C=O) groups excluding carboxylic acids is 1. The minimum atomic E-state index is -0.384. The molecule has 2 rings (SSSR count). The lowest BCUT2D eigenvalue weighted by atomic mass is 9.81. The van der Waals surface area contributed by atoms with Crippen molar-refractivity contribution in [3.63, 3.8) is 0 Å². The van der Waals surface area contributed by atoms with Crippen molar-refractivity contribution in [2.45, 2.75) is 32.8 Å². The van der Waals surface area contributed by atoms with Gasteiger partial charge in [-0.3, -0.25) is 0 Å². The van der Waals surface area contributed by atoms with E-state index in [0.717, 1.165) is 32.6 Å². The van der Waals surface area contributed by atoms with Gasteiger partial charge in [-0.25, -0.2) is 4.79 Å². The van der Waals surface area contributed by atoms with E-state index in [1.807, 2.05) is 25.7 Å². The van der Waals surface area contributed by atoms with Gasteiger partial charge >= 0.3 is 6.09 Å². The molecule has 0 aromatic carbocycles. The van der Waals surface area contributed by atoms with Gasteiger partial charge < -0.3 is 15.0 Å². The average molecular weight is 212 g/mol. The first-order valence-electron chi connectivity index (χ1n) is 5.59. The molecule has 0 unspecified atom stereocenters. The van der Waals surface area contributed by atoms with Crippen LogP contribution in [-0.2, 0) is 4.74 Å². The van der Waals surface area contributed by atoms with Gasteiger partial charge in [0.1, 0.15) is 5.60 Å². The second-order valence-corrected chi connectivity index (χ2v) is 5.76. The Morgan fingerprint density at radius 2 is 2.07 bits per heavy atom. The smallest absolute Gasteiger partial charge is 0.410 e. The Morgan fingerprint density at radius 1 is 1.40 bits per heavy atom. The number of hydrogen-bond donors (Lipinski definition) is 1. The molecule has 0 atom stereocenters. The normalized spacial score (nSPS) is 24.1. The summed E-state index contributed by atoms with van der Waals surface area (Å²) in [4.78, 5) is 13.6. The summed E-state index contributed by atoms with van der Waals surface area (Å²) in [6.07, 6.45) is 0.950. The first kappa shape index (κ1) is 10.7. The second kappa shape index (κ2) is 3.37. The number of amides is 1. The Morgan fingerprint density at radius 3 is 2.47 bits per heavy atom. The molecule has 0 aromatic rings. The largest absolute Gasteiger partial charge is 0.444 e. The number of nitrogens with zero attached hydrogens (tertiary/aromatic N) is 1. The zero-order valence-corrected chi connectivity index (χ0v) is 9.80. The van der Waals surface area contributed by atoms with Crippen LogP contribution in [0, 0.1) is 5.41 Å². The summed E-state index contributed by atoms with van der Waals surface area (Å²) in [5.74, 6) is 0. The Bertz CT molecular complexity index is 266. The second-order valence-electron chi connectivity index (χ2n) is 5.76. The highest BCUT2D eigenvalue weighted by atomic mass is 16.6. The predicted octanol–water partition coefficient (Wildman–Crippen LogP) is 1.22. The topological polar surface area (TPSA) is 41.6 Å². The molecule has 15 heavy (non-hydrogen) atoms. The minimum absolute atomic E-state index is 0.161. The summed E-state index contributed by atoms with van der Waals surface area (Å²) >= 11 is 0. The zero-order chi connectivity index (χ0) is 11.1. The number of ether oxygens (including phenoxy) is 1. The number of carbonyl (C=O) groups is 1. The van der Waals surface area contributed by atoms with E-state index in [1.165, 1.54) is 0 Å². The summed E-state index contributed by atoms with van der Waals surface area (Å²) in [6.45, 7) is 9.51. The summed E-state index contributed by atoms with van der Waals surface area (Å²) in [7, 11) is 0. The highest BCUT2D eigenvalue weighted by Crippen LogP contribution is 2.34. The number of rotatable bonds is 0. The van der Waals surface area contributed by atoms with Gasteiger partial charge in [0.2, 0.25) is 0 Å². The third kappa shape index (κ3) is 2.25. The number of likely N-dealkylation sites (tertiary alicyclic amines) is 1. The first-order chi connectivity index (χ1) is 6.90. The lowest BCUT2D eigenvalue weighted by Crippen LogP contribution is -2.55. The van der Waals surface area contributed by atoms with Crippen LogP contribution >= 0.6 is 0 Å². The van der Waals surface area contributed by atoms with E-state index in [9.17, 15) is 4.79 Å². The maximum atomic E-state index is 11.8. The zero-order valence-electron chi connectivity index (χ0n) is 9.80. The van der Waals surface area contributed by atoms with Crippen LogP contribution in [0.15, 0.2) is 0 Å². The Balaban J connectivity index is 1.88. The lowest BCUT2D eigenvalue weighted by molar-refractivity contribution is 0.0257. The van der Waals surface area contributed by atoms with Crippen LogP contribution in [0.4, 0.5) is 4.79 Å². The van der Waals surface area contributed by atoms with E-state index >= 15 is 0 Å². The van der Waals surface area contributed by atoms with Gasteiger partial charge in [0.05, 0.1) is 0 Å². The summed E-state index contributed by atoms with van der Waals surface area (Å²) < 4.78 is 5.35. The fourth-order valence-corrected chi connectivity index (χ4v) is 2.18. The van der Waals surface area contributed by atoms with Gasteiger partial charge in [-0.05, 0) is 27.2 Å². The SMILES string of the molecule is CC(C)(C)OC(=O)N1CCC2(CNC2)C1. The molecular weight excluding hydrogens is 192 g/mol. The van der Waals surface area contributed by atoms with Crippen LogP contribution in [0.25, 0.3) is 0 Å². The molecule has 2 heterocycles. The van der Waals surface area contributed by atoms with E-state index in [1.54, 1.807) is 0 Å². The molecule has 0 aromatic heterocycles. The fraction of sp³-hybridized carbons (Fsp3) is 0.909. The first-order valence-corrected chi connectivity index (χ1v) is 5.59. The molecule has 4 heteroatoms. The van der Waals surface area contributed by atoms with Crippen molar-refractivity contribution in [3.8, 4) is 0 Å². The van der Waals surface area contributed by atoms with Crippen LogP contribution < -0.4 is 5.32 Å². The molecule has 1 amide bonds. The van der Waals surface area contributed by atoms with E-state index in [4.69, 9.17) is 4.74 Å². The standard InChI is InChI=1S/C11H20N2O2/c1-10(2,3)15-9(14)13-5-4-11(8-13)6-12-7-11/h12H,4-8H2,1-3H3. The average Bonchev–Trinajstić information content (AvgIpc) is 2.43. The Hall–Kier alpha value is -0.770. The van der Waals surface area contributed by atoms with Gasteiger partial charge in [-0.15, -0.1) is 0 Å². The van der Waals surface area contributed by atoms with E-state index in [0.29, 0.717) is 5.41 Å². The maximum absolute atomic E-state index is 11.8. The molecule has 2 aliphatic rings. The molecule has 1 spiro atoms.